The standard InChI is InChI=1S/2C11H18O2S2.2C4H6OS4.2Ni/c2*1-11(2)12-7-3-5-9(14)10(15)6-4-8(7)13-11;2*6-3-4(7)9-2-5-1-8-3;;/h2*7-8,14-15H,3-6H2,1-2H3;2*6-7H,1-2H2;;/p-8. The van der Waals surface area contributed by atoms with E-state index < -0.39 is 11.6 Å². The minimum Gasteiger partial charge on any atom is -0.786 e. The summed E-state index contributed by atoms with van der Waals surface area (Å²) >= 11 is 46.7. The maximum atomic E-state index is 5.85. The molecule has 0 aromatic heterocycles. The fraction of sp³-hybridized carbons (Fsp3) is 0.733. The molecule has 0 amide bonds. The van der Waals surface area contributed by atoms with Crippen LogP contribution >= 0.6 is 47.0 Å². The van der Waals surface area contributed by atoms with Gasteiger partial charge in [-0.05, 0) is 53.4 Å². The number of ether oxygens (including phenoxy) is 6. The van der Waals surface area contributed by atoms with Gasteiger partial charge in [0.05, 0.1) is 48.2 Å². The second kappa shape index (κ2) is 25.3. The van der Waals surface area contributed by atoms with Gasteiger partial charge in [0, 0.05) is 33.0 Å². The zero-order valence-electron chi connectivity index (χ0n) is 27.8. The molecule has 4 heterocycles. The van der Waals surface area contributed by atoms with Gasteiger partial charge >= 0.3 is 0 Å². The molecule has 0 saturated carbocycles. The van der Waals surface area contributed by atoms with E-state index in [0.717, 1.165) is 87.9 Å². The largest absolute Gasteiger partial charge is 0.786 e. The van der Waals surface area contributed by atoms with Crippen molar-refractivity contribution in [1.29, 1.82) is 0 Å². The minimum atomic E-state index is -0.442. The zero-order chi connectivity index (χ0) is 35.5. The van der Waals surface area contributed by atoms with Crippen LogP contribution in [-0.2, 0) is 162 Å². The van der Waals surface area contributed by atoms with Crippen LogP contribution in [0.3, 0.4) is 0 Å². The summed E-state index contributed by atoms with van der Waals surface area (Å²) in [7, 11) is 0. The molecule has 4 unspecified atom stereocenters. The summed E-state index contributed by atoms with van der Waals surface area (Å²) in [5.74, 6) is 1.70. The van der Waals surface area contributed by atoms with Crippen molar-refractivity contribution in [3.63, 3.8) is 0 Å². The molecule has 0 radical (unpaired) electrons. The van der Waals surface area contributed by atoms with Crippen molar-refractivity contribution in [2.75, 3.05) is 23.8 Å². The van der Waals surface area contributed by atoms with Gasteiger partial charge in [0.25, 0.3) is 0 Å². The molecule has 2 aliphatic carbocycles. The Morgan fingerprint density at radius 2 is 0.620 bits per heavy atom. The molecule has 50 heavy (non-hydrogen) atoms. The van der Waals surface area contributed by atoms with E-state index in [-0.39, 0.29) is 57.4 Å². The Balaban J connectivity index is 0.000000338. The molecule has 4 atom stereocenters. The van der Waals surface area contributed by atoms with Crippen molar-refractivity contribution in [1.82, 2.24) is 0 Å². The molecular formula is C30H40Ni2O6S12-8. The van der Waals surface area contributed by atoms with Crippen LogP contribution in [0.25, 0.3) is 0 Å². The Hall–Kier alpha value is 2.87. The third-order valence-corrected chi connectivity index (χ3v) is 15.6. The Kier molecular flexibility index (Phi) is 25.7. The van der Waals surface area contributed by atoms with E-state index in [4.69, 9.17) is 129 Å². The smallest absolute Gasteiger partial charge is 0.163 e. The van der Waals surface area contributed by atoms with Crippen molar-refractivity contribution in [2.24, 2.45) is 0 Å². The molecule has 2 saturated heterocycles. The Labute approximate surface area is 380 Å². The Morgan fingerprint density at radius 1 is 0.420 bits per heavy atom. The summed E-state index contributed by atoms with van der Waals surface area (Å²) < 4.78 is 36.8. The molecule has 6 aliphatic rings. The fourth-order valence-corrected chi connectivity index (χ4v) is 9.78. The molecule has 20 heteroatoms. The Bertz CT molecular complexity index is 1030. The molecule has 0 spiro atoms. The molecule has 6 nitrogen and oxygen atoms in total. The number of hydrogen-bond acceptors (Lipinski definition) is 18. The van der Waals surface area contributed by atoms with E-state index in [9.17, 15) is 0 Å². The molecular weight excluding hydrogens is 959 g/mol. The Morgan fingerprint density at radius 3 is 0.820 bits per heavy atom. The molecule has 0 aromatic carbocycles. The maximum Gasteiger partial charge on any atom is 0.163 e. The van der Waals surface area contributed by atoms with Gasteiger partial charge in [0.1, 0.15) is 0 Å². The molecule has 2 fully saturated rings. The van der Waals surface area contributed by atoms with Gasteiger partial charge in [-0.1, -0.05) is 25.7 Å². The van der Waals surface area contributed by atoms with E-state index >= 15 is 0 Å². The van der Waals surface area contributed by atoms with Gasteiger partial charge in [-0.25, -0.2) is 19.6 Å². The van der Waals surface area contributed by atoms with E-state index in [0.29, 0.717) is 23.8 Å². The predicted molar refractivity (Wildman–Crippen MR) is 224 cm³/mol. The van der Waals surface area contributed by atoms with Crippen LogP contribution < -0.4 is 0 Å². The number of fused-ring (bicyclic) bond motifs is 2. The SMILES string of the molecule is CC1(C)OC2CCC([S-])=C([S-])CCC2O1.CC1(C)OC2CCC([S-])=C([S-])CCC2O1.[Ni].[Ni].[S-]C1=C([S-])SCOCS1.[S-]C1=C([S-])SCOCS1. The first-order valence-corrected chi connectivity index (χ1v) is 22.4. The summed E-state index contributed by atoms with van der Waals surface area (Å²) in [6, 6.07) is 0. The van der Waals surface area contributed by atoms with E-state index in [1.165, 1.54) is 47.0 Å². The second-order valence-electron chi connectivity index (χ2n) is 11.9. The van der Waals surface area contributed by atoms with Gasteiger partial charge in [0.15, 0.2) is 11.6 Å². The van der Waals surface area contributed by atoms with Gasteiger partial charge in [-0.3, -0.25) is 0 Å². The third-order valence-electron chi connectivity index (χ3n) is 7.24. The van der Waals surface area contributed by atoms with Gasteiger partial charge in [0.2, 0.25) is 0 Å². The maximum absolute atomic E-state index is 5.85. The summed E-state index contributed by atoms with van der Waals surface area (Å²) in [5.41, 5.74) is 0. The first-order valence-electron chi connectivity index (χ1n) is 15.2. The monoisotopic (exact) mass is 996 g/mol. The molecule has 0 aromatic rings. The van der Waals surface area contributed by atoms with Crippen LogP contribution in [-0.4, -0.2) is 59.7 Å². The quantitative estimate of drug-likeness (QED) is 0.174. The first kappa shape index (κ1) is 50.9. The molecule has 0 bridgehead atoms. The third kappa shape index (κ3) is 18.4. The molecule has 4 aliphatic heterocycles. The van der Waals surface area contributed by atoms with E-state index in [2.05, 4.69) is 0 Å². The van der Waals surface area contributed by atoms with E-state index in [1.807, 2.05) is 27.7 Å². The second-order valence-corrected chi connectivity index (χ2v) is 20.2. The molecule has 6 rings (SSSR count). The van der Waals surface area contributed by atoms with Gasteiger partial charge in [-0.15, -0.1) is 47.0 Å². The van der Waals surface area contributed by atoms with Crippen molar-refractivity contribution < 1.29 is 61.4 Å². The average Bonchev–Trinajstić information content (AvgIpc) is 3.30. The number of allylic oxidation sites excluding steroid dienone is 4. The van der Waals surface area contributed by atoms with Crippen LogP contribution in [0.15, 0.2) is 36.6 Å². The topological polar surface area (TPSA) is 55.4 Å². The van der Waals surface area contributed by atoms with Gasteiger partial charge < -0.3 is 129 Å². The molecule has 0 N–H and O–H groups in total. The van der Waals surface area contributed by atoms with Crippen molar-refractivity contribution in [3.05, 3.63) is 36.6 Å². The summed E-state index contributed by atoms with van der Waals surface area (Å²) in [6.07, 6.45) is 8.01. The normalized spacial score (nSPS) is 29.4. The summed E-state index contributed by atoms with van der Waals surface area (Å²) in [4.78, 5) is 3.77. The summed E-state index contributed by atoms with van der Waals surface area (Å²) in [5, 5.41) is 0. The van der Waals surface area contributed by atoms with Crippen molar-refractivity contribution in [3.8, 4) is 0 Å². The predicted octanol–water partition coefficient (Wildman–Crippen LogP) is 8.00. The van der Waals surface area contributed by atoms with Crippen LogP contribution in [0.4, 0.5) is 0 Å². The van der Waals surface area contributed by atoms with Crippen LogP contribution in [0, 0.1) is 0 Å². The number of rotatable bonds is 0. The number of thioether (sulfide) groups is 4. The van der Waals surface area contributed by atoms with Crippen molar-refractivity contribution in [2.45, 2.75) is 115 Å². The van der Waals surface area contributed by atoms with E-state index in [1.54, 1.807) is 0 Å². The number of hydrogen-bond donors (Lipinski definition) is 0. The molecule has 296 valence electrons. The van der Waals surface area contributed by atoms with Crippen LogP contribution in [0.2, 0.25) is 0 Å². The average molecular weight is 999 g/mol. The van der Waals surface area contributed by atoms with Crippen LogP contribution in [0.5, 0.6) is 0 Å². The minimum absolute atomic E-state index is 0. The van der Waals surface area contributed by atoms with Crippen molar-refractivity contribution >= 4 is 148 Å². The zero-order valence-corrected chi connectivity index (χ0v) is 39.5. The summed E-state index contributed by atoms with van der Waals surface area (Å²) in [6.45, 7) is 7.87. The van der Waals surface area contributed by atoms with Gasteiger partial charge in [-0.2, -0.15) is 16.9 Å². The first-order chi connectivity index (χ1) is 22.6. The van der Waals surface area contributed by atoms with Crippen LogP contribution in [0.1, 0.15) is 79.1 Å². The fourth-order valence-electron chi connectivity index (χ4n) is 5.13.